The van der Waals surface area contributed by atoms with E-state index in [9.17, 15) is 13.6 Å². The maximum absolute atomic E-state index is 13.1. The van der Waals surface area contributed by atoms with E-state index in [1.54, 1.807) is 12.1 Å². The molecular formula is C15H17F2N5O. The minimum atomic E-state index is -2.62. The van der Waals surface area contributed by atoms with E-state index in [2.05, 4.69) is 25.9 Å². The number of amides is 1. The molecule has 0 radical (unpaired) electrons. The first-order valence-electron chi connectivity index (χ1n) is 7.52. The van der Waals surface area contributed by atoms with Crippen molar-refractivity contribution in [1.29, 1.82) is 0 Å². The van der Waals surface area contributed by atoms with Gasteiger partial charge in [-0.25, -0.2) is 8.78 Å². The van der Waals surface area contributed by atoms with Crippen molar-refractivity contribution in [2.24, 2.45) is 5.92 Å². The summed E-state index contributed by atoms with van der Waals surface area (Å²) in [6.45, 7) is 0. The first-order chi connectivity index (χ1) is 11.0. The third kappa shape index (κ3) is 4.08. The smallest absolute Gasteiger partial charge is 0.248 e. The number of carbonyl (C=O) groups is 1. The Kier molecular flexibility index (Phi) is 4.31. The molecule has 1 amide bonds. The highest BCUT2D eigenvalue weighted by atomic mass is 19.3. The summed E-state index contributed by atoms with van der Waals surface area (Å²) in [6, 6.07) is 7.29. The van der Waals surface area contributed by atoms with Crippen LogP contribution in [-0.4, -0.2) is 32.5 Å². The Balaban J connectivity index is 1.55. The molecule has 8 heteroatoms. The van der Waals surface area contributed by atoms with Crippen LogP contribution >= 0.6 is 0 Å². The molecule has 1 aromatic heterocycles. The number of hydrogen-bond donors (Lipinski definition) is 2. The molecule has 0 atom stereocenters. The maximum Gasteiger partial charge on any atom is 0.248 e. The monoisotopic (exact) mass is 321 g/mol. The zero-order valence-electron chi connectivity index (χ0n) is 12.4. The molecule has 1 heterocycles. The second-order valence-corrected chi connectivity index (χ2v) is 5.82. The van der Waals surface area contributed by atoms with Crippen molar-refractivity contribution < 1.29 is 13.6 Å². The molecule has 1 aliphatic carbocycles. The van der Waals surface area contributed by atoms with E-state index in [-0.39, 0.29) is 37.5 Å². The van der Waals surface area contributed by atoms with Crippen molar-refractivity contribution in [3.8, 4) is 0 Å². The molecule has 0 saturated heterocycles. The Morgan fingerprint density at radius 1 is 1.26 bits per heavy atom. The molecule has 122 valence electrons. The van der Waals surface area contributed by atoms with Crippen LogP contribution in [0.1, 0.15) is 37.1 Å². The number of nitrogens with one attached hydrogen (secondary N) is 2. The number of aromatic amines is 1. The molecular weight excluding hydrogens is 304 g/mol. The molecule has 1 aromatic carbocycles. The highest BCUT2D eigenvalue weighted by Crippen LogP contribution is 2.36. The third-order valence-corrected chi connectivity index (χ3v) is 4.06. The summed E-state index contributed by atoms with van der Waals surface area (Å²) in [7, 11) is 0. The number of alkyl halides is 2. The highest BCUT2D eigenvalue weighted by molar-refractivity contribution is 5.92. The summed E-state index contributed by atoms with van der Waals surface area (Å²) < 4.78 is 26.2. The number of tetrazole rings is 1. The topological polar surface area (TPSA) is 83.6 Å². The minimum Gasteiger partial charge on any atom is -0.326 e. The fraction of sp³-hybridized carbons (Fsp3) is 0.467. The molecule has 0 aliphatic heterocycles. The van der Waals surface area contributed by atoms with Crippen LogP contribution in [0.15, 0.2) is 24.3 Å². The number of carbonyl (C=O) groups excluding carboxylic acids is 1. The quantitative estimate of drug-likeness (QED) is 0.906. The van der Waals surface area contributed by atoms with Gasteiger partial charge in [-0.15, -0.1) is 10.2 Å². The number of halogens is 2. The van der Waals surface area contributed by atoms with Crippen molar-refractivity contribution in [2.45, 2.75) is 38.0 Å². The average molecular weight is 321 g/mol. The number of anilines is 1. The Morgan fingerprint density at radius 2 is 1.96 bits per heavy atom. The summed E-state index contributed by atoms with van der Waals surface area (Å²) in [6.07, 6.45) is 0.579. The van der Waals surface area contributed by atoms with Crippen molar-refractivity contribution in [1.82, 2.24) is 20.6 Å². The summed E-state index contributed by atoms with van der Waals surface area (Å²) in [5.41, 5.74) is 1.64. The van der Waals surface area contributed by atoms with Crippen molar-refractivity contribution in [3.05, 3.63) is 35.7 Å². The molecule has 0 spiro atoms. The van der Waals surface area contributed by atoms with Crippen LogP contribution in [0, 0.1) is 5.92 Å². The molecule has 1 saturated carbocycles. The molecule has 6 nitrogen and oxygen atoms in total. The van der Waals surface area contributed by atoms with E-state index in [1.165, 1.54) is 0 Å². The zero-order chi connectivity index (χ0) is 16.3. The van der Waals surface area contributed by atoms with Crippen LogP contribution < -0.4 is 5.32 Å². The first kappa shape index (κ1) is 15.5. The summed E-state index contributed by atoms with van der Waals surface area (Å²) in [4.78, 5) is 12.1. The predicted octanol–water partition coefficient (Wildman–Crippen LogP) is 2.55. The zero-order valence-corrected chi connectivity index (χ0v) is 12.4. The molecule has 3 rings (SSSR count). The van der Waals surface area contributed by atoms with Crippen LogP contribution in [-0.2, 0) is 11.2 Å². The van der Waals surface area contributed by atoms with Gasteiger partial charge in [-0.3, -0.25) is 4.79 Å². The lowest BCUT2D eigenvalue weighted by Crippen LogP contribution is -2.31. The molecule has 2 aromatic rings. The summed E-state index contributed by atoms with van der Waals surface area (Å²) in [5, 5.41) is 16.4. The van der Waals surface area contributed by atoms with E-state index in [4.69, 9.17) is 0 Å². The second kappa shape index (κ2) is 6.39. The maximum atomic E-state index is 13.1. The lowest BCUT2D eigenvalue weighted by molar-refractivity contribution is -0.124. The van der Waals surface area contributed by atoms with Crippen molar-refractivity contribution in [3.63, 3.8) is 0 Å². The Bertz CT molecular complexity index is 647. The van der Waals surface area contributed by atoms with Crippen molar-refractivity contribution >= 4 is 11.6 Å². The molecule has 1 fully saturated rings. The van der Waals surface area contributed by atoms with Crippen molar-refractivity contribution in [2.75, 3.05) is 5.32 Å². The van der Waals surface area contributed by atoms with Gasteiger partial charge in [0.25, 0.3) is 0 Å². The lowest BCUT2D eigenvalue weighted by Gasteiger charge is -2.27. The van der Waals surface area contributed by atoms with E-state index in [0.29, 0.717) is 17.9 Å². The minimum absolute atomic E-state index is 0.189. The Hall–Kier alpha value is -2.38. The molecule has 1 aliphatic rings. The average Bonchev–Trinajstić information content (AvgIpc) is 3.02. The SMILES string of the molecule is O=C(Nc1ccc(Cc2nn[nH]n2)cc1)C1CCC(F)(F)CC1. The number of rotatable bonds is 4. The van der Waals surface area contributed by atoms with Gasteiger partial charge in [-0.2, -0.15) is 5.21 Å². The fourth-order valence-corrected chi connectivity index (χ4v) is 2.69. The van der Waals surface area contributed by atoms with Crippen LogP contribution in [0.4, 0.5) is 14.5 Å². The van der Waals surface area contributed by atoms with Gasteiger partial charge in [-0.1, -0.05) is 17.3 Å². The molecule has 2 N–H and O–H groups in total. The van der Waals surface area contributed by atoms with E-state index >= 15 is 0 Å². The number of benzene rings is 1. The lowest BCUT2D eigenvalue weighted by atomic mass is 9.86. The number of aromatic nitrogens is 4. The van der Waals surface area contributed by atoms with Gasteiger partial charge in [0, 0.05) is 30.9 Å². The van der Waals surface area contributed by atoms with Crippen LogP contribution in [0.2, 0.25) is 0 Å². The molecule has 23 heavy (non-hydrogen) atoms. The number of nitrogens with zero attached hydrogens (tertiary/aromatic N) is 3. The van der Waals surface area contributed by atoms with Crippen LogP contribution in [0.5, 0.6) is 0 Å². The first-order valence-corrected chi connectivity index (χ1v) is 7.52. The third-order valence-electron chi connectivity index (χ3n) is 4.06. The van der Waals surface area contributed by atoms with Gasteiger partial charge >= 0.3 is 0 Å². The number of hydrogen-bond acceptors (Lipinski definition) is 4. The molecule has 0 bridgehead atoms. The van der Waals surface area contributed by atoms with E-state index in [1.807, 2.05) is 12.1 Å². The van der Waals surface area contributed by atoms with Crippen LogP contribution in [0.25, 0.3) is 0 Å². The normalized spacial score (nSPS) is 17.8. The Labute approximate surface area is 131 Å². The largest absolute Gasteiger partial charge is 0.326 e. The van der Waals surface area contributed by atoms with Crippen LogP contribution in [0.3, 0.4) is 0 Å². The predicted molar refractivity (Wildman–Crippen MR) is 79.0 cm³/mol. The fourth-order valence-electron chi connectivity index (χ4n) is 2.69. The highest BCUT2D eigenvalue weighted by Gasteiger charge is 2.37. The second-order valence-electron chi connectivity index (χ2n) is 5.82. The van der Waals surface area contributed by atoms with Gasteiger partial charge in [0.15, 0.2) is 5.82 Å². The standard InChI is InChI=1S/C15H17F2N5O/c16-15(17)7-5-11(6-8-15)14(23)18-12-3-1-10(2-4-12)9-13-19-21-22-20-13/h1-4,11H,5-9H2,(H,18,23)(H,19,20,21,22). The molecule has 0 unspecified atom stereocenters. The van der Waals surface area contributed by atoms with Gasteiger partial charge in [0.2, 0.25) is 11.8 Å². The Morgan fingerprint density at radius 3 is 2.57 bits per heavy atom. The number of H-pyrrole nitrogens is 1. The van der Waals surface area contributed by atoms with E-state index in [0.717, 1.165) is 5.56 Å². The van der Waals surface area contributed by atoms with Gasteiger partial charge in [0.1, 0.15) is 0 Å². The van der Waals surface area contributed by atoms with Gasteiger partial charge in [0.05, 0.1) is 0 Å². The van der Waals surface area contributed by atoms with E-state index < -0.39 is 5.92 Å². The summed E-state index contributed by atoms with van der Waals surface area (Å²) in [5.74, 6) is -2.56. The van der Waals surface area contributed by atoms with Gasteiger partial charge in [-0.05, 0) is 30.5 Å². The van der Waals surface area contributed by atoms with Gasteiger partial charge < -0.3 is 5.32 Å². The summed E-state index contributed by atoms with van der Waals surface area (Å²) >= 11 is 0.